The fourth-order valence-corrected chi connectivity index (χ4v) is 2.68. The van der Waals surface area contributed by atoms with Gasteiger partial charge in [-0.3, -0.25) is 4.79 Å². The Kier molecular flexibility index (Phi) is 7.82. The van der Waals surface area contributed by atoms with Gasteiger partial charge in [0.2, 0.25) is 0 Å². The predicted molar refractivity (Wildman–Crippen MR) is 112 cm³/mol. The van der Waals surface area contributed by atoms with Gasteiger partial charge in [0, 0.05) is 5.56 Å². The topological polar surface area (TPSA) is 17.1 Å². The highest BCUT2D eigenvalue weighted by Gasteiger charge is 2.00. The minimum atomic E-state index is 0.0333. The van der Waals surface area contributed by atoms with Crippen LogP contribution < -0.4 is 0 Å². The summed E-state index contributed by atoms with van der Waals surface area (Å²) in [5.74, 6) is 0.0333. The van der Waals surface area contributed by atoms with Gasteiger partial charge in [-0.2, -0.15) is 0 Å². The number of carbonyl (C=O) groups is 1. The zero-order valence-electron chi connectivity index (χ0n) is 16.0. The van der Waals surface area contributed by atoms with Gasteiger partial charge in [-0.05, 0) is 57.2 Å². The summed E-state index contributed by atoms with van der Waals surface area (Å²) in [6, 6.07) is 17.7. The lowest BCUT2D eigenvalue weighted by Crippen LogP contribution is -1.92. The highest BCUT2D eigenvalue weighted by Crippen LogP contribution is 2.12. The van der Waals surface area contributed by atoms with Gasteiger partial charge in [-0.1, -0.05) is 84.0 Å². The molecule has 0 N–H and O–H groups in total. The zero-order valence-corrected chi connectivity index (χ0v) is 16.0. The fourth-order valence-electron chi connectivity index (χ4n) is 2.68. The Labute approximate surface area is 157 Å². The van der Waals surface area contributed by atoms with E-state index in [4.69, 9.17) is 0 Å². The second-order valence-electron chi connectivity index (χ2n) is 6.88. The minimum absolute atomic E-state index is 0.0333. The van der Waals surface area contributed by atoms with Gasteiger partial charge in [0.1, 0.15) is 0 Å². The minimum Gasteiger partial charge on any atom is -0.289 e. The van der Waals surface area contributed by atoms with Crippen molar-refractivity contribution in [3.63, 3.8) is 0 Å². The van der Waals surface area contributed by atoms with Gasteiger partial charge in [-0.25, -0.2) is 0 Å². The van der Waals surface area contributed by atoms with Crippen molar-refractivity contribution in [2.24, 2.45) is 0 Å². The number of rotatable bonds is 8. The van der Waals surface area contributed by atoms with E-state index in [0.717, 1.165) is 30.4 Å². The van der Waals surface area contributed by atoms with Gasteiger partial charge in [0.05, 0.1) is 0 Å². The summed E-state index contributed by atoms with van der Waals surface area (Å²) in [6.07, 6.45) is 11.3. The highest BCUT2D eigenvalue weighted by molar-refractivity contribution is 6.06. The molecule has 0 amide bonds. The first-order valence-electron chi connectivity index (χ1n) is 9.20. The van der Waals surface area contributed by atoms with Crippen LogP contribution in [0, 0.1) is 0 Å². The molecule has 0 aromatic heterocycles. The average Bonchev–Trinajstić information content (AvgIpc) is 2.65. The van der Waals surface area contributed by atoms with E-state index in [1.54, 1.807) is 6.08 Å². The molecule has 0 saturated carbocycles. The third kappa shape index (κ3) is 7.06. The summed E-state index contributed by atoms with van der Waals surface area (Å²) < 4.78 is 0. The van der Waals surface area contributed by atoms with Crippen LogP contribution in [0.1, 0.15) is 55.1 Å². The number of allylic oxidation sites excluding steroid dienone is 5. The van der Waals surface area contributed by atoms with Crippen LogP contribution in [0.5, 0.6) is 0 Å². The first kappa shape index (κ1) is 19.7. The van der Waals surface area contributed by atoms with Crippen LogP contribution in [0.25, 0.3) is 6.08 Å². The summed E-state index contributed by atoms with van der Waals surface area (Å²) in [5.41, 5.74) is 5.84. The molecule has 0 aliphatic heterocycles. The van der Waals surface area contributed by atoms with Crippen molar-refractivity contribution < 1.29 is 4.79 Å². The third-order valence-corrected chi connectivity index (χ3v) is 4.21. The van der Waals surface area contributed by atoms with Gasteiger partial charge in [0.25, 0.3) is 0 Å². The van der Waals surface area contributed by atoms with E-state index in [-0.39, 0.29) is 5.78 Å². The summed E-state index contributed by atoms with van der Waals surface area (Å²) >= 11 is 0. The summed E-state index contributed by atoms with van der Waals surface area (Å²) in [4.78, 5) is 12.2. The molecule has 0 heterocycles. The summed E-state index contributed by atoms with van der Waals surface area (Å²) in [7, 11) is 0. The zero-order chi connectivity index (χ0) is 18.8. The maximum absolute atomic E-state index is 12.2. The molecule has 0 unspecified atom stereocenters. The van der Waals surface area contributed by atoms with Gasteiger partial charge in [0.15, 0.2) is 5.78 Å². The largest absolute Gasteiger partial charge is 0.289 e. The molecule has 26 heavy (non-hydrogen) atoms. The fraction of sp³-hybridized carbons (Fsp3) is 0.240. The molecule has 2 aromatic rings. The van der Waals surface area contributed by atoms with E-state index in [0.29, 0.717) is 0 Å². The van der Waals surface area contributed by atoms with Crippen molar-refractivity contribution in [3.05, 3.63) is 101 Å². The molecule has 0 saturated heterocycles. The van der Waals surface area contributed by atoms with E-state index < -0.39 is 0 Å². The molecule has 0 spiro atoms. The quantitative estimate of drug-likeness (QED) is 0.292. The molecule has 2 aromatic carbocycles. The molecule has 0 bridgehead atoms. The van der Waals surface area contributed by atoms with Gasteiger partial charge < -0.3 is 0 Å². The van der Waals surface area contributed by atoms with Crippen molar-refractivity contribution in [1.82, 2.24) is 0 Å². The second kappa shape index (κ2) is 10.4. The van der Waals surface area contributed by atoms with Gasteiger partial charge >= 0.3 is 0 Å². The van der Waals surface area contributed by atoms with E-state index in [9.17, 15) is 4.79 Å². The average molecular weight is 344 g/mol. The number of carbonyl (C=O) groups excluding carboxylic acids is 1. The van der Waals surface area contributed by atoms with Crippen molar-refractivity contribution >= 4 is 11.9 Å². The van der Waals surface area contributed by atoms with Crippen LogP contribution in [0.15, 0.2) is 84.0 Å². The van der Waals surface area contributed by atoms with Crippen molar-refractivity contribution in [2.75, 3.05) is 0 Å². The van der Waals surface area contributed by atoms with E-state index in [1.165, 1.54) is 16.7 Å². The molecule has 0 atom stereocenters. The second-order valence-corrected chi connectivity index (χ2v) is 6.88. The molecule has 2 rings (SSSR count). The van der Waals surface area contributed by atoms with Crippen LogP contribution in [-0.2, 0) is 6.42 Å². The molecular formula is C25H28O. The lowest BCUT2D eigenvalue weighted by molar-refractivity contribution is 0.104. The van der Waals surface area contributed by atoms with Gasteiger partial charge in [-0.15, -0.1) is 0 Å². The Hall–Kier alpha value is -2.67. The monoisotopic (exact) mass is 344 g/mol. The van der Waals surface area contributed by atoms with Crippen LogP contribution in [0.3, 0.4) is 0 Å². The third-order valence-electron chi connectivity index (χ3n) is 4.21. The van der Waals surface area contributed by atoms with Crippen molar-refractivity contribution in [2.45, 2.75) is 40.0 Å². The molecule has 0 aliphatic carbocycles. The Bertz CT molecular complexity index is 803. The molecule has 0 fully saturated rings. The number of benzene rings is 2. The normalized spacial score (nSPS) is 11.6. The lowest BCUT2D eigenvalue weighted by atomic mass is 10.0. The predicted octanol–water partition coefficient (Wildman–Crippen LogP) is 6.82. The van der Waals surface area contributed by atoms with Crippen LogP contribution >= 0.6 is 0 Å². The molecule has 1 nitrogen and oxygen atoms in total. The number of ketones is 1. The maximum atomic E-state index is 12.2. The first-order chi connectivity index (χ1) is 12.5. The molecule has 0 aliphatic rings. The SMILES string of the molecule is CC(C)=CCC/C(C)=C/Cc1cccc(C=CC(=O)c2ccccc2)c1. The Morgan fingerprint density at radius 1 is 0.923 bits per heavy atom. The van der Waals surface area contributed by atoms with E-state index >= 15 is 0 Å². The molecule has 134 valence electrons. The Morgan fingerprint density at radius 2 is 1.69 bits per heavy atom. The number of hydrogen-bond donors (Lipinski definition) is 0. The van der Waals surface area contributed by atoms with E-state index in [2.05, 4.69) is 45.1 Å². The summed E-state index contributed by atoms with van der Waals surface area (Å²) in [6.45, 7) is 6.47. The standard InChI is InChI=1S/C25H28O/c1-20(2)9-7-10-21(3)15-16-22-11-8-12-23(19-22)17-18-25(26)24-13-5-4-6-14-24/h4-6,8-9,11-15,17-19H,7,10,16H2,1-3H3/b18-17?,21-15+. The lowest BCUT2D eigenvalue weighted by Gasteiger charge is -2.02. The maximum Gasteiger partial charge on any atom is 0.185 e. The van der Waals surface area contributed by atoms with Crippen LogP contribution in [-0.4, -0.2) is 5.78 Å². The highest BCUT2D eigenvalue weighted by atomic mass is 16.1. The van der Waals surface area contributed by atoms with Crippen molar-refractivity contribution in [1.29, 1.82) is 0 Å². The first-order valence-corrected chi connectivity index (χ1v) is 9.20. The van der Waals surface area contributed by atoms with Crippen LogP contribution in [0.4, 0.5) is 0 Å². The smallest absolute Gasteiger partial charge is 0.185 e. The molecule has 1 heteroatoms. The van der Waals surface area contributed by atoms with Crippen LogP contribution in [0.2, 0.25) is 0 Å². The Morgan fingerprint density at radius 3 is 2.42 bits per heavy atom. The molecular weight excluding hydrogens is 316 g/mol. The van der Waals surface area contributed by atoms with E-state index in [1.807, 2.05) is 48.5 Å². The Balaban J connectivity index is 1.96. The number of hydrogen-bond acceptors (Lipinski definition) is 1. The molecule has 0 radical (unpaired) electrons. The van der Waals surface area contributed by atoms with Crippen molar-refractivity contribution in [3.8, 4) is 0 Å². The summed E-state index contributed by atoms with van der Waals surface area (Å²) in [5, 5.41) is 0.